The summed E-state index contributed by atoms with van der Waals surface area (Å²) in [6.45, 7) is 30.9. The van der Waals surface area contributed by atoms with Crippen molar-refractivity contribution < 1.29 is 55.2 Å². The van der Waals surface area contributed by atoms with Crippen molar-refractivity contribution in [1.29, 1.82) is 5.26 Å². The molecule has 0 aromatic carbocycles. The van der Waals surface area contributed by atoms with Gasteiger partial charge in [0.2, 0.25) is 0 Å². The number of epoxide rings is 1. The lowest BCUT2D eigenvalue weighted by atomic mass is 9.69. The summed E-state index contributed by atoms with van der Waals surface area (Å²) < 4.78 is 48.0. The largest absolute Gasteiger partial charge is 0.469 e. The zero-order valence-electron chi connectivity index (χ0n) is 38.1. The summed E-state index contributed by atoms with van der Waals surface area (Å²) >= 11 is 0. The molecule has 1 aliphatic rings. The molecule has 1 fully saturated rings. The molecule has 0 aromatic rings. The number of hydrogen-bond acceptors (Lipinski definition) is 13. The molecule has 6 atom stereocenters. The summed E-state index contributed by atoms with van der Waals surface area (Å²) in [6.07, 6.45) is 2.49. The van der Waals surface area contributed by atoms with Gasteiger partial charge in [-0.25, -0.2) is 0 Å². The summed E-state index contributed by atoms with van der Waals surface area (Å²) in [7, 11) is -9.31. The Morgan fingerprint density at radius 2 is 1.21 bits per heavy atom. The lowest BCUT2D eigenvalue weighted by molar-refractivity contribution is -0.162. The molecule has 0 radical (unpaired) electrons. The Balaban J connectivity index is 3.25. The molecule has 57 heavy (non-hydrogen) atoms. The second-order valence-corrected chi connectivity index (χ2v) is 36.2. The first-order chi connectivity index (χ1) is 26.1. The summed E-state index contributed by atoms with van der Waals surface area (Å²) in [5, 5.41) is 10.6. The van der Waals surface area contributed by atoms with Crippen molar-refractivity contribution in [3.63, 3.8) is 0 Å². The van der Waals surface area contributed by atoms with E-state index < -0.39 is 86.2 Å². The molecule has 1 aliphatic heterocycles. The standard InChI is InChI=1S/C40H77NO12Si4/c1-16-19-21-48-36(43)32(17-2)26-40(6,38(45)46-18-3)27-33(37(44)50-29-34-28-49-34)25-39(5,30-41)24-31(4)35(42)47-22-20-23-57(51-54(7,8)9,52-55(10,11)12)53-56(13,14)15/h31-34H,16-29H2,1-15H3. The number of carbonyl (C=O) groups excluding carboxylic acids is 4. The smallest absolute Gasteiger partial charge is 0.466 e. The van der Waals surface area contributed by atoms with Gasteiger partial charge in [0.15, 0.2) is 25.0 Å². The fourth-order valence-electron chi connectivity index (χ4n) is 6.86. The van der Waals surface area contributed by atoms with Crippen LogP contribution in [0.5, 0.6) is 0 Å². The van der Waals surface area contributed by atoms with Crippen LogP contribution in [-0.2, 0) is 55.2 Å². The Kier molecular flexibility index (Phi) is 21.6. The lowest BCUT2D eigenvalue weighted by Gasteiger charge is -2.42. The average molecular weight is 876 g/mol. The lowest BCUT2D eigenvalue weighted by Crippen LogP contribution is -2.60. The van der Waals surface area contributed by atoms with Crippen LogP contribution in [0.3, 0.4) is 0 Å². The minimum absolute atomic E-state index is 0.00240. The Bertz CT molecular complexity index is 1300. The number of hydrogen-bond donors (Lipinski definition) is 0. The van der Waals surface area contributed by atoms with Crippen LogP contribution in [0.15, 0.2) is 0 Å². The van der Waals surface area contributed by atoms with E-state index in [1.165, 1.54) is 0 Å². The molecule has 330 valence electrons. The highest BCUT2D eigenvalue weighted by atomic mass is 28.5. The van der Waals surface area contributed by atoms with Gasteiger partial charge < -0.3 is 36.0 Å². The van der Waals surface area contributed by atoms with Crippen molar-refractivity contribution >= 4 is 57.6 Å². The van der Waals surface area contributed by atoms with Gasteiger partial charge in [-0.05, 0) is 125 Å². The minimum Gasteiger partial charge on any atom is -0.466 e. The molecular weight excluding hydrogens is 799 g/mol. The van der Waals surface area contributed by atoms with Crippen molar-refractivity contribution in [2.24, 2.45) is 28.6 Å². The van der Waals surface area contributed by atoms with E-state index in [4.69, 9.17) is 36.0 Å². The predicted octanol–water partition coefficient (Wildman–Crippen LogP) is 8.64. The van der Waals surface area contributed by atoms with Crippen LogP contribution >= 0.6 is 0 Å². The second-order valence-electron chi connectivity index (χ2n) is 19.2. The highest BCUT2D eigenvalue weighted by molar-refractivity contribution is 6.90. The molecule has 1 saturated heterocycles. The molecule has 0 bridgehead atoms. The molecule has 0 saturated carbocycles. The first-order valence-electron chi connectivity index (χ1n) is 21.0. The summed E-state index contributed by atoms with van der Waals surface area (Å²) in [4.78, 5) is 54.0. The van der Waals surface area contributed by atoms with E-state index in [0.717, 1.165) is 12.8 Å². The van der Waals surface area contributed by atoms with Gasteiger partial charge in [0.05, 0.1) is 61.1 Å². The van der Waals surface area contributed by atoms with E-state index in [0.29, 0.717) is 25.5 Å². The highest BCUT2D eigenvalue weighted by Gasteiger charge is 2.50. The van der Waals surface area contributed by atoms with Crippen molar-refractivity contribution in [1.82, 2.24) is 0 Å². The zero-order chi connectivity index (χ0) is 43.9. The summed E-state index contributed by atoms with van der Waals surface area (Å²) in [5.74, 6) is -4.19. The van der Waals surface area contributed by atoms with E-state index in [1.807, 2.05) is 13.8 Å². The van der Waals surface area contributed by atoms with Crippen LogP contribution in [0, 0.1) is 39.9 Å². The average Bonchev–Trinajstić information content (AvgIpc) is 3.90. The number of nitrogens with zero attached hydrogens (tertiary/aromatic N) is 1. The van der Waals surface area contributed by atoms with Crippen LogP contribution in [0.2, 0.25) is 65.0 Å². The quantitative estimate of drug-likeness (QED) is 0.0230. The van der Waals surface area contributed by atoms with Crippen LogP contribution < -0.4 is 0 Å². The number of ether oxygens (including phenoxy) is 5. The maximum absolute atomic E-state index is 13.8. The predicted molar refractivity (Wildman–Crippen MR) is 229 cm³/mol. The molecule has 13 nitrogen and oxygen atoms in total. The van der Waals surface area contributed by atoms with E-state index in [1.54, 1.807) is 27.7 Å². The third-order valence-corrected chi connectivity index (χ3v) is 21.3. The van der Waals surface area contributed by atoms with Gasteiger partial charge in [0, 0.05) is 6.04 Å². The van der Waals surface area contributed by atoms with Gasteiger partial charge in [-0.1, -0.05) is 27.2 Å². The van der Waals surface area contributed by atoms with Crippen LogP contribution in [0.25, 0.3) is 0 Å². The number of nitriles is 1. The van der Waals surface area contributed by atoms with Crippen molar-refractivity contribution in [2.45, 2.75) is 164 Å². The van der Waals surface area contributed by atoms with E-state index in [-0.39, 0.29) is 58.2 Å². The topological polar surface area (TPSA) is 169 Å². The van der Waals surface area contributed by atoms with Gasteiger partial charge in [0.1, 0.15) is 12.7 Å². The Labute approximate surface area is 348 Å². The zero-order valence-corrected chi connectivity index (χ0v) is 42.1. The normalized spacial score (nSPS) is 18.5. The molecular formula is C40H77NO12Si4. The fourth-order valence-corrected chi connectivity index (χ4v) is 21.5. The molecule has 17 heteroatoms. The number of esters is 4. The molecule has 1 heterocycles. The van der Waals surface area contributed by atoms with E-state index in [2.05, 4.69) is 65.0 Å². The van der Waals surface area contributed by atoms with Gasteiger partial charge >= 0.3 is 32.7 Å². The monoisotopic (exact) mass is 875 g/mol. The minimum atomic E-state index is -3.10. The van der Waals surface area contributed by atoms with E-state index in [9.17, 15) is 24.4 Å². The molecule has 1 rings (SSSR count). The maximum atomic E-state index is 13.8. The molecule has 6 unspecified atom stereocenters. The number of rotatable bonds is 29. The first-order valence-corrected chi connectivity index (χ1v) is 33.1. The van der Waals surface area contributed by atoms with Crippen LogP contribution in [-0.4, -0.2) is 96.8 Å². The third kappa shape index (κ3) is 21.2. The Hall–Kier alpha value is -1.92. The molecule has 0 aromatic heterocycles. The Morgan fingerprint density at radius 3 is 1.67 bits per heavy atom. The van der Waals surface area contributed by atoms with Crippen LogP contribution in [0.4, 0.5) is 0 Å². The number of carbonyl (C=O) groups is 4. The SMILES string of the molecule is CCCCOC(=O)C(CC)CC(C)(CC(CC(C)(C#N)CC(C)C(=O)OCCC[Si](O[Si](C)(C)C)(O[Si](C)(C)C)O[Si](C)(C)C)C(=O)OCC1CO1)C(=O)OCC. The third-order valence-electron chi connectivity index (χ3n) is 9.26. The number of unbranched alkanes of at least 4 members (excludes halogenated alkanes) is 1. The molecule has 0 N–H and O–H groups in total. The first kappa shape index (κ1) is 53.1. The van der Waals surface area contributed by atoms with Crippen molar-refractivity contribution in [3.8, 4) is 6.07 Å². The second kappa shape index (κ2) is 23.2. The van der Waals surface area contributed by atoms with Gasteiger partial charge in [-0.2, -0.15) is 5.26 Å². The van der Waals surface area contributed by atoms with E-state index >= 15 is 0 Å². The molecule has 0 amide bonds. The summed E-state index contributed by atoms with van der Waals surface area (Å²) in [6, 6.07) is 2.88. The van der Waals surface area contributed by atoms with Crippen molar-refractivity contribution in [3.05, 3.63) is 0 Å². The Morgan fingerprint density at radius 1 is 0.719 bits per heavy atom. The van der Waals surface area contributed by atoms with Crippen molar-refractivity contribution in [2.75, 3.05) is 33.0 Å². The highest BCUT2D eigenvalue weighted by Crippen LogP contribution is 2.42. The van der Waals surface area contributed by atoms with Crippen LogP contribution in [0.1, 0.15) is 92.9 Å². The van der Waals surface area contributed by atoms with Gasteiger partial charge in [-0.3, -0.25) is 19.2 Å². The molecule has 0 aliphatic carbocycles. The molecule has 0 spiro atoms. The van der Waals surface area contributed by atoms with Gasteiger partial charge in [-0.15, -0.1) is 0 Å². The van der Waals surface area contributed by atoms with Gasteiger partial charge in [0.25, 0.3) is 0 Å². The summed E-state index contributed by atoms with van der Waals surface area (Å²) in [5.41, 5.74) is -2.46. The fraction of sp³-hybridized carbons (Fsp3) is 0.875. The maximum Gasteiger partial charge on any atom is 0.469 e.